The van der Waals surface area contributed by atoms with Gasteiger partial charge in [0.15, 0.2) is 0 Å². The molecule has 1 N–H and O–H groups in total. The van der Waals surface area contributed by atoms with E-state index in [4.69, 9.17) is 4.74 Å². The van der Waals surface area contributed by atoms with Crippen LogP contribution in [0, 0.1) is 0 Å². The fourth-order valence-electron chi connectivity index (χ4n) is 4.12. The van der Waals surface area contributed by atoms with E-state index < -0.39 is 6.04 Å². The highest BCUT2D eigenvalue weighted by Crippen LogP contribution is 2.23. The quantitative estimate of drug-likeness (QED) is 0.427. The first-order valence-electron chi connectivity index (χ1n) is 11.1. The Labute approximate surface area is 192 Å². The van der Waals surface area contributed by atoms with Gasteiger partial charge in [0.2, 0.25) is 5.91 Å². The molecule has 0 aliphatic heterocycles. The molecular formula is C25H29N5O3. The van der Waals surface area contributed by atoms with Crippen LogP contribution in [-0.4, -0.2) is 31.7 Å². The van der Waals surface area contributed by atoms with Crippen molar-refractivity contribution >= 4 is 16.9 Å². The number of hydrogen-bond donors (Lipinski definition) is 1. The third-order valence-corrected chi connectivity index (χ3v) is 5.81. The SMILES string of the molecule is CCCn1c(=O)n(CCC(=O)N[C@@H](c2ccc(OC)cc2)c2nccn2C)c2ccccc21. The molecule has 2 heterocycles. The maximum absolute atomic E-state index is 13.0. The number of hydrogen-bond acceptors (Lipinski definition) is 4. The van der Waals surface area contributed by atoms with Crippen molar-refractivity contribution in [2.24, 2.45) is 7.05 Å². The summed E-state index contributed by atoms with van der Waals surface area (Å²) in [6.45, 7) is 3.00. The Balaban J connectivity index is 1.56. The molecule has 0 unspecified atom stereocenters. The van der Waals surface area contributed by atoms with Gasteiger partial charge < -0.3 is 14.6 Å². The maximum atomic E-state index is 13.0. The van der Waals surface area contributed by atoms with Gasteiger partial charge in [0.05, 0.1) is 18.1 Å². The van der Waals surface area contributed by atoms with E-state index in [1.165, 1.54) is 0 Å². The number of nitrogens with one attached hydrogen (secondary N) is 1. The second-order valence-corrected chi connectivity index (χ2v) is 7.99. The number of rotatable bonds is 9. The number of benzene rings is 2. The van der Waals surface area contributed by atoms with Crippen LogP contribution in [0.25, 0.3) is 11.0 Å². The number of para-hydroxylation sites is 2. The lowest BCUT2D eigenvalue weighted by atomic mass is 10.1. The second kappa shape index (κ2) is 9.77. The number of methoxy groups -OCH3 is 1. The van der Waals surface area contributed by atoms with E-state index >= 15 is 0 Å². The van der Waals surface area contributed by atoms with Crippen molar-refractivity contribution in [3.63, 3.8) is 0 Å². The van der Waals surface area contributed by atoms with E-state index in [2.05, 4.69) is 10.3 Å². The van der Waals surface area contributed by atoms with Crippen LogP contribution in [0.3, 0.4) is 0 Å². The summed E-state index contributed by atoms with van der Waals surface area (Å²) in [6.07, 6.45) is 4.60. The Hall–Kier alpha value is -3.81. The molecule has 4 aromatic rings. The van der Waals surface area contributed by atoms with Crippen LogP contribution < -0.4 is 15.7 Å². The molecule has 4 rings (SSSR count). The van der Waals surface area contributed by atoms with E-state index in [9.17, 15) is 9.59 Å². The van der Waals surface area contributed by atoms with E-state index in [1.54, 1.807) is 22.4 Å². The summed E-state index contributed by atoms with van der Waals surface area (Å²) in [5.41, 5.74) is 2.56. The molecule has 0 aliphatic rings. The highest BCUT2D eigenvalue weighted by atomic mass is 16.5. The Bertz CT molecular complexity index is 1300. The van der Waals surface area contributed by atoms with Crippen LogP contribution >= 0.6 is 0 Å². The predicted octanol–water partition coefficient (Wildman–Crippen LogP) is 3.25. The lowest BCUT2D eigenvalue weighted by Crippen LogP contribution is -2.33. The smallest absolute Gasteiger partial charge is 0.329 e. The number of amides is 1. The fourth-order valence-corrected chi connectivity index (χ4v) is 4.12. The molecule has 2 aromatic carbocycles. The molecule has 0 fully saturated rings. The van der Waals surface area contributed by atoms with Crippen LogP contribution in [-0.2, 0) is 24.9 Å². The van der Waals surface area contributed by atoms with Crippen LogP contribution in [0.4, 0.5) is 0 Å². The van der Waals surface area contributed by atoms with Crippen molar-refractivity contribution < 1.29 is 9.53 Å². The van der Waals surface area contributed by atoms with Gasteiger partial charge in [-0.25, -0.2) is 9.78 Å². The minimum Gasteiger partial charge on any atom is -0.497 e. The van der Waals surface area contributed by atoms with Gasteiger partial charge in [0.1, 0.15) is 17.6 Å². The highest BCUT2D eigenvalue weighted by Gasteiger charge is 2.21. The van der Waals surface area contributed by atoms with Gasteiger partial charge in [-0.1, -0.05) is 31.2 Å². The number of carbonyl (C=O) groups excluding carboxylic acids is 1. The molecule has 2 aromatic heterocycles. The van der Waals surface area contributed by atoms with E-state index in [0.717, 1.165) is 34.6 Å². The summed E-state index contributed by atoms with van der Waals surface area (Å²) in [5, 5.41) is 3.10. The summed E-state index contributed by atoms with van der Waals surface area (Å²) in [4.78, 5) is 30.5. The second-order valence-electron chi connectivity index (χ2n) is 7.99. The number of aryl methyl sites for hydroxylation is 3. The van der Waals surface area contributed by atoms with Crippen molar-refractivity contribution in [1.82, 2.24) is 24.0 Å². The number of aromatic nitrogens is 4. The summed E-state index contributed by atoms with van der Waals surface area (Å²) in [7, 11) is 3.51. The molecule has 0 saturated heterocycles. The van der Waals surface area contributed by atoms with Gasteiger partial charge in [-0.15, -0.1) is 0 Å². The molecule has 0 saturated carbocycles. The van der Waals surface area contributed by atoms with Crippen molar-refractivity contribution in [1.29, 1.82) is 0 Å². The van der Waals surface area contributed by atoms with Gasteiger partial charge in [0.25, 0.3) is 0 Å². The zero-order valence-electron chi connectivity index (χ0n) is 19.2. The lowest BCUT2D eigenvalue weighted by molar-refractivity contribution is -0.121. The van der Waals surface area contributed by atoms with Gasteiger partial charge in [-0.3, -0.25) is 13.9 Å². The normalized spacial score (nSPS) is 12.1. The van der Waals surface area contributed by atoms with E-state index in [1.807, 2.05) is 73.3 Å². The molecule has 0 radical (unpaired) electrons. The van der Waals surface area contributed by atoms with Crippen LogP contribution in [0.15, 0.2) is 65.7 Å². The lowest BCUT2D eigenvalue weighted by Gasteiger charge is -2.19. The molecule has 172 valence electrons. The summed E-state index contributed by atoms with van der Waals surface area (Å²) >= 11 is 0. The van der Waals surface area contributed by atoms with E-state index in [0.29, 0.717) is 13.1 Å². The van der Waals surface area contributed by atoms with Crippen molar-refractivity contribution in [3.8, 4) is 5.75 Å². The molecule has 1 atom stereocenters. The van der Waals surface area contributed by atoms with Gasteiger partial charge in [-0.05, 0) is 36.2 Å². The minimum atomic E-state index is -0.415. The van der Waals surface area contributed by atoms with Gasteiger partial charge in [0, 0.05) is 39.0 Å². The minimum absolute atomic E-state index is 0.0818. The topological polar surface area (TPSA) is 83.1 Å². The predicted molar refractivity (Wildman–Crippen MR) is 127 cm³/mol. The number of fused-ring (bicyclic) bond motifs is 1. The summed E-state index contributed by atoms with van der Waals surface area (Å²) in [5.74, 6) is 1.31. The van der Waals surface area contributed by atoms with Crippen LogP contribution in [0.5, 0.6) is 5.75 Å². The first kappa shape index (κ1) is 22.4. The molecule has 33 heavy (non-hydrogen) atoms. The third-order valence-electron chi connectivity index (χ3n) is 5.81. The van der Waals surface area contributed by atoms with Gasteiger partial charge >= 0.3 is 5.69 Å². The summed E-state index contributed by atoms with van der Waals surface area (Å²) < 4.78 is 10.6. The zero-order chi connectivity index (χ0) is 23.4. The zero-order valence-corrected chi connectivity index (χ0v) is 19.2. The standard InChI is InChI=1S/C25H29N5O3/c1-4-15-29-20-7-5-6-8-21(20)30(25(29)32)16-13-22(31)27-23(24-26-14-17-28(24)2)18-9-11-19(33-3)12-10-18/h5-12,14,17,23H,4,13,15-16H2,1-3H3,(H,27,31)/t23-/m0/s1. The molecule has 1 amide bonds. The average molecular weight is 448 g/mol. The largest absolute Gasteiger partial charge is 0.497 e. The van der Waals surface area contributed by atoms with Crippen molar-refractivity contribution in [2.75, 3.05) is 7.11 Å². The fraction of sp³-hybridized carbons (Fsp3) is 0.320. The van der Waals surface area contributed by atoms with Gasteiger partial charge in [-0.2, -0.15) is 0 Å². The van der Waals surface area contributed by atoms with Crippen molar-refractivity contribution in [2.45, 2.75) is 38.9 Å². The number of nitrogens with zero attached hydrogens (tertiary/aromatic N) is 4. The number of ether oxygens (including phenoxy) is 1. The Kier molecular flexibility index (Phi) is 6.63. The molecule has 0 aliphatic carbocycles. The monoisotopic (exact) mass is 447 g/mol. The van der Waals surface area contributed by atoms with Crippen LogP contribution in [0.1, 0.15) is 37.2 Å². The first-order chi connectivity index (χ1) is 16.0. The average Bonchev–Trinajstić information content (AvgIpc) is 3.37. The van der Waals surface area contributed by atoms with E-state index in [-0.39, 0.29) is 18.0 Å². The van der Waals surface area contributed by atoms with Crippen LogP contribution in [0.2, 0.25) is 0 Å². The highest BCUT2D eigenvalue weighted by molar-refractivity contribution is 5.78. The summed E-state index contributed by atoms with van der Waals surface area (Å²) in [6, 6.07) is 14.9. The first-order valence-corrected chi connectivity index (χ1v) is 11.1. The Morgan fingerprint density at radius 3 is 2.30 bits per heavy atom. The third kappa shape index (κ3) is 4.55. The molecule has 8 nitrogen and oxygen atoms in total. The number of imidazole rings is 2. The number of carbonyl (C=O) groups is 1. The Morgan fingerprint density at radius 2 is 1.73 bits per heavy atom. The van der Waals surface area contributed by atoms with Crippen molar-refractivity contribution in [3.05, 3.63) is 82.8 Å². The molecule has 8 heteroatoms. The Morgan fingerprint density at radius 1 is 1.06 bits per heavy atom. The molecule has 0 bridgehead atoms. The maximum Gasteiger partial charge on any atom is 0.329 e. The molecule has 0 spiro atoms. The molecular weight excluding hydrogens is 418 g/mol.